The number of hydrogen-bond acceptors (Lipinski definition) is 4. The Kier molecular flexibility index (Phi) is 16.6. The van der Waals surface area contributed by atoms with Gasteiger partial charge in [0.1, 0.15) is 13.2 Å². The van der Waals surface area contributed by atoms with Crippen molar-refractivity contribution in [2.75, 3.05) is 40.9 Å². The fraction of sp³-hybridized carbons (Fsp3) is 0.905. The maximum atomic E-state index is 11.6. The molecule has 0 radical (unpaired) electrons. The van der Waals surface area contributed by atoms with E-state index in [0.717, 1.165) is 19.3 Å². The summed E-state index contributed by atoms with van der Waals surface area (Å²) in [5, 5.41) is 0. The van der Waals surface area contributed by atoms with Gasteiger partial charge in [0.15, 0.2) is 0 Å². The lowest BCUT2D eigenvalue weighted by Gasteiger charge is -2.27. The zero-order valence-electron chi connectivity index (χ0n) is 18.3. The van der Waals surface area contributed by atoms with Crippen LogP contribution >= 0.6 is 7.82 Å². The van der Waals surface area contributed by atoms with E-state index in [1.165, 1.54) is 57.8 Å². The molecule has 6 heteroatoms. The lowest BCUT2D eigenvalue weighted by Crippen LogP contribution is -2.37. The molecule has 0 spiro atoms. The van der Waals surface area contributed by atoms with E-state index in [4.69, 9.17) is 9.05 Å². The van der Waals surface area contributed by atoms with Gasteiger partial charge in [-0.3, -0.25) is 4.57 Å². The van der Waals surface area contributed by atoms with Crippen molar-refractivity contribution in [3.8, 4) is 0 Å². The van der Waals surface area contributed by atoms with E-state index in [2.05, 4.69) is 19.1 Å². The Bertz CT molecular complexity index is 407. The molecule has 0 fully saturated rings. The highest BCUT2D eigenvalue weighted by Gasteiger charge is 2.12. The Labute approximate surface area is 168 Å². The molecule has 0 amide bonds. The number of quaternary nitrogens is 1. The van der Waals surface area contributed by atoms with Gasteiger partial charge < -0.3 is 18.4 Å². The smallest absolute Gasteiger partial charge is 0.268 e. The minimum atomic E-state index is -4.13. The van der Waals surface area contributed by atoms with Crippen LogP contribution in [0.2, 0.25) is 0 Å². The van der Waals surface area contributed by atoms with E-state index in [9.17, 15) is 9.46 Å². The van der Waals surface area contributed by atoms with Crippen LogP contribution in [0.15, 0.2) is 12.2 Å². The molecule has 1 atom stereocenters. The van der Waals surface area contributed by atoms with Crippen LogP contribution in [0.3, 0.4) is 0 Å². The van der Waals surface area contributed by atoms with Crippen LogP contribution in [-0.4, -0.2) is 45.4 Å². The van der Waals surface area contributed by atoms with Crippen molar-refractivity contribution in [3.05, 3.63) is 12.2 Å². The van der Waals surface area contributed by atoms with Crippen molar-refractivity contribution < 1.29 is 23.0 Å². The topological polar surface area (TPSA) is 58.6 Å². The van der Waals surface area contributed by atoms with Crippen LogP contribution in [0, 0.1) is 0 Å². The zero-order valence-corrected chi connectivity index (χ0v) is 19.2. The molecule has 0 aliphatic rings. The Morgan fingerprint density at radius 3 is 1.81 bits per heavy atom. The van der Waals surface area contributed by atoms with E-state index >= 15 is 0 Å². The molecule has 0 rings (SSSR count). The first-order valence-electron chi connectivity index (χ1n) is 10.8. The number of rotatable bonds is 19. The van der Waals surface area contributed by atoms with E-state index in [0.29, 0.717) is 11.0 Å². The standard InChI is InChI=1S/C21H44NO4P/c1-5-6-7-8-9-10-11-12-13-14-15-16-17-18-20-25-27(23,24)26-21-19-22(2,3)4/h9-10H,5-8,11-21H2,1-4H3/b10-9-. The first-order chi connectivity index (χ1) is 12.8. The summed E-state index contributed by atoms with van der Waals surface area (Å²) in [6.45, 7) is 3.26. The molecule has 0 saturated carbocycles. The molecule has 162 valence electrons. The molecule has 5 nitrogen and oxygen atoms in total. The van der Waals surface area contributed by atoms with Gasteiger partial charge in [-0.25, -0.2) is 0 Å². The molecule has 0 N–H and O–H groups in total. The first kappa shape index (κ1) is 26.8. The van der Waals surface area contributed by atoms with Gasteiger partial charge in [0.25, 0.3) is 7.82 Å². The molecule has 0 heterocycles. The molecule has 27 heavy (non-hydrogen) atoms. The van der Waals surface area contributed by atoms with Crippen molar-refractivity contribution in [2.45, 2.75) is 84.0 Å². The lowest BCUT2D eigenvalue weighted by atomic mass is 10.1. The van der Waals surface area contributed by atoms with Crippen molar-refractivity contribution in [1.29, 1.82) is 0 Å². The fourth-order valence-electron chi connectivity index (χ4n) is 2.64. The van der Waals surface area contributed by atoms with E-state index < -0.39 is 7.82 Å². The summed E-state index contributed by atoms with van der Waals surface area (Å²) in [4.78, 5) is 11.6. The average Bonchev–Trinajstić information content (AvgIpc) is 2.57. The number of likely N-dealkylation sites (N-methyl/N-ethyl adjacent to an activating group) is 1. The summed E-state index contributed by atoms with van der Waals surface area (Å²) >= 11 is 0. The molecule has 0 aliphatic heterocycles. The van der Waals surface area contributed by atoms with E-state index in [1.807, 2.05) is 21.1 Å². The predicted octanol–water partition coefficient (Wildman–Crippen LogP) is 5.45. The largest absolute Gasteiger partial charge is 0.756 e. The summed E-state index contributed by atoms with van der Waals surface area (Å²) in [6.07, 6.45) is 19.0. The summed E-state index contributed by atoms with van der Waals surface area (Å²) in [5.41, 5.74) is 0. The lowest BCUT2D eigenvalue weighted by molar-refractivity contribution is -0.870. The van der Waals surface area contributed by atoms with Crippen molar-refractivity contribution in [3.63, 3.8) is 0 Å². The quantitative estimate of drug-likeness (QED) is 0.124. The molecular formula is C21H44NO4P. The Morgan fingerprint density at radius 2 is 1.26 bits per heavy atom. The molecule has 1 unspecified atom stereocenters. The third kappa shape index (κ3) is 22.0. The fourth-order valence-corrected chi connectivity index (χ4v) is 3.37. The minimum Gasteiger partial charge on any atom is -0.756 e. The second-order valence-corrected chi connectivity index (χ2v) is 9.77. The zero-order chi connectivity index (χ0) is 20.4. The van der Waals surface area contributed by atoms with Crippen LogP contribution in [0.25, 0.3) is 0 Å². The van der Waals surface area contributed by atoms with Crippen molar-refractivity contribution in [2.24, 2.45) is 0 Å². The molecule has 0 aromatic carbocycles. The Balaban J connectivity index is 3.38. The van der Waals surface area contributed by atoms with Crippen molar-refractivity contribution >= 4 is 7.82 Å². The highest BCUT2D eigenvalue weighted by Crippen LogP contribution is 2.38. The van der Waals surface area contributed by atoms with Crippen LogP contribution < -0.4 is 4.89 Å². The highest BCUT2D eigenvalue weighted by atomic mass is 31.2. The number of nitrogens with zero attached hydrogens (tertiary/aromatic N) is 1. The second kappa shape index (κ2) is 16.7. The number of unbranched alkanes of at least 4 members (excludes halogenated alkanes) is 10. The summed E-state index contributed by atoms with van der Waals surface area (Å²) < 4.78 is 22.1. The van der Waals surface area contributed by atoms with Gasteiger partial charge in [-0.15, -0.1) is 0 Å². The third-order valence-electron chi connectivity index (χ3n) is 4.42. The molecule has 0 saturated heterocycles. The Morgan fingerprint density at radius 1 is 0.778 bits per heavy atom. The van der Waals surface area contributed by atoms with Crippen LogP contribution in [-0.2, 0) is 13.6 Å². The van der Waals surface area contributed by atoms with E-state index in [1.54, 1.807) is 0 Å². The summed E-state index contributed by atoms with van der Waals surface area (Å²) in [5.74, 6) is 0. The van der Waals surface area contributed by atoms with Gasteiger partial charge in [0, 0.05) is 0 Å². The highest BCUT2D eigenvalue weighted by molar-refractivity contribution is 7.45. The molecule has 0 aromatic heterocycles. The van der Waals surface area contributed by atoms with Crippen LogP contribution in [0.5, 0.6) is 0 Å². The van der Waals surface area contributed by atoms with Gasteiger partial charge in [-0.2, -0.15) is 0 Å². The van der Waals surface area contributed by atoms with Gasteiger partial charge in [0.05, 0.1) is 27.7 Å². The van der Waals surface area contributed by atoms with Crippen LogP contribution in [0.1, 0.15) is 84.0 Å². The Hall–Kier alpha value is -0.190. The maximum Gasteiger partial charge on any atom is 0.268 e. The van der Waals surface area contributed by atoms with Gasteiger partial charge in [0.2, 0.25) is 0 Å². The van der Waals surface area contributed by atoms with E-state index in [-0.39, 0.29) is 13.2 Å². The monoisotopic (exact) mass is 405 g/mol. The maximum absolute atomic E-state index is 11.6. The van der Waals surface area contributed by atoms with Gasteiger partial charge in [-0.1, -0.05) is 64.0 Å². The number of allylic oxidation sites excluding steroid dienone is 2. The molecule has 0 aliphatic carbocycles. The molecular weight excluding hydrogens is 361 g/mol. The number of phosphoric ester groups is 1. The number of hydrogen-bond donors (Lipinski definition) is 0. The number of phosphoric acid groups is 1. The summed E-state index contributed by atoms with van der Waals surface area (Å²) in [7, 11) is 1.84. The SMILES string of the molecule is CCCCC/C=C\CCCCCCCCCOP(=O)([O-])OCC[N+](C)(C)C. The van der Waals surface area contributed by atoms with Crippen molar-refractivity contribution in [1.82, 2.24) is 0 Å². The summed E-state index contributed by atoms with van der Waals surface area (Å²) in [6, 6.07) is 0. The van der Waals surface area contributed by atoms with Gasteiger partial charge >= 0.3 is 0 Å². The second-order valence-electron chi connectivity index (χ2n) is 8.36. The first-order valence-corrected chi connectivity index (χ1v) is 12.3. The van der Waals surface area contributed by atoms with Gasteiger partial charge in [-0.05, 0) is 32.1 Å². The average molecular weight is 406 g/mol. The third-order valence-corrected chi connectivity index (χ3v) is 5.41. The molecule has 0 aromatic rings. The minimum absolute atomic E-state index is 0.165. The normalized spacial score (nSPS) is 14.7. The van der Waals surface area contributed by atoms with Crippen LogP contribution in [0.4, 0.5) is 0 Å². The predicted molar refractivity (Wildman–Crippen MR) is 113 cm³/mol. The molecule has 0 bridgehead atoms.